The van der Waals surface area contributed by atoms with Crippen LogP contribution in [0.25, 0.3) is 22.9 Å². The molecule has 230 valence electrons. The second kappa shape index (κ2) is 15.7. The fourth-order valence-electron chi connectivity index (χ4n) is 5.08. The van der Waals surface area contributed by atoms with E-state index in [-0.39, 0.29) is 17.3 Å². The molecule has 1 aliphatic rings. The van der Waals surface area contributed by atoms with Crippen molar-refractivity contribution in [3.05, 3.63) is 198 Å². The minimum absolute atomic E-state index is 0.103. The van der Waals surface area contributed by atoms with Gasteiger partial charge in [0.2, 0.25) is 12.3 Å². The van der Waals surface area contributed by atoms with Gasteiger partial charge in [0.05, 0.1) is 5.69 Å². The molecule has 6 aromatic rings. The highest BCUT2D eigenvalue weighted by Crippen LogP contribution is 2.43. The van der Waals surface area contributed by atoms with Gasteiger partial charge in [-0.2, -0.15) is 11.5 Å². The number of Topliss-reactive ketones (excluding diaryl/α,β-unsaturated/α-hetero) is 3. The quantitative estimate of drug-likeness (QED) is 0.107. The van der Waals surface area contributed by atoms with Crippen LogP contribution in [0.2, 0.25) is 0 Å². The topological polar surface area (TPSA) is 68.0 Å². The van der Waals surface area contributed by atoms with Crippen molar-refractivity contribution >= 4 is 29.0 Å². The zero-order valence-electron chi connectivity index (χ0n) is 26.1. The predicted molar refractivity (Wildman–Crippen MR) is 187 cm³/mol. The van der Waals surface area contributed by atoms with Gasteiger partial charge in [-0.15, -0.1) is 17.7 Å². The number of carbonyl (C=O) groups is 3. The van der Waals surface area contributed by atoms with E-state index < -0.39 is 0 Å². The molecule has 2 aromatic heterocycles. The summed E-state index contributed by atoms with van der Waals surface area (Å²) in [4.78, 5) is 38.2. The third-order valence-corrected chi connectivity index (χ3v) is 7.50. The smallest absolute Gasteiger partial charge is 0.227 e. The lowest BCUT2D eigenvalue weighted by Gasteiger charge is -2.03. The van der Waals surface area contributed by atoms with Gasteiger partial charge in [-0.1, -0.05) is 109 Å². The van der Waals surface area contributed by atoms with E-state index in [9.17, 15) is 14.4 Å². The van der Waals surface area contributed by atoms with E-state index in [0.29, 0.717) is 12.1 Å². The van der Waals surface area contributed by atoms with Crippen molar-refractivity contribution in [2.24, 2.45) is 0 Å². The summed E-state index contributed by atoms with van der Waals surface area (Å²) in [6, 6.07) is 44.2. The first-order valence-electron chi connectivity index (χ1n) is 15.2. The van der Waals surface area contributed by atoms with Crippen molar-refractivity contribution in [1.82, 2.24) is 4.98 Å². The summed E-state index contributed by atoms with van der Waals surface area (Å²) in [6.45, 7) is 5.16. The minimum Gasteiger partial charge on any atom is -0.332 e. The van der Waals surface area contributed by atoms with Crippen LogP contribution in [0, 0.1) is 6.92 Å². The Morgan fingerprint density at radius 1 is 0.617 bits per heavy atom. The van der Waals surface area contributed by atoms with Crippen molar-refractivity contribution in [3.63, 3.8) is 0 Å². The first kappa shape index (κ1) is 32.2. The fraction of sp³-hybridized carbons (Fsp3) is 0.0476. The number of benzene rings is 4. The van der Waals surface area contributed by atoms with Crippen molar-refractivity contribution in [1.29, 1.82) is 0 Å². The number of carbonyl (C=O) groups excluding carboxylic acids is 3. The molecule has 4 aromatic carbocycles. The first-order valence-corrected chi connectivity index (χ1v) is 15.2. The summed E-state index contributed by atoms with van der Waals surface area (Å²) in [6.07, 6.45) is 7.94. The highest BCUT2D eigenvalue weighted by atomic mass is 16.1. The molecule has 0 saturated carbocycles. The Morgan fingerprint density at radius 3 is 1.66 bits per heavy atom. The Balaban J connectivity index is 0.000000196. The molecule has 0 amide bonds. The molecule has 7 rings (SSSR count). The summed E-state index contributed by atoms with van der Waals surface area (Å²) >= 11 is 0. The second-order valence-electron chi connectivity index (χ2n) is 10.8. The highest BCUT2D eigenvalue weighted by molar-refractivity contribution is 6.05. The van der Waals surface area contributed by atoms with Gasteiger partial charge < -0.3 is 4.79 Å². The van der Waals surface area contributed by atoms with Gasteiger partial charge in [0.1, 0.15) is 0 Å². The van der Waals surface area contributed by atoms with E-state index >= 15 is 0 Å². The largest absolute Gasteiger partial charge is 0.332 e. The number of nitrogens with zero attached hydrogens (tertiary/aromatic N) is 2. The molecular formula is C42H34N2O3. The standard InChI is InChI=1S/C26H19N2O.C8H8O.C8H7O/c29-25(20-7-2-1-3-8-20)18-28-15-12-19(13-16-28)17-24-21-9-4-5-10-22(21)26-23(24)11-6-14-27-26;2*1-7(9)8-5-3-2-4-6-8/h1-17H,18H2;2-6H,1H3;2-6H,1H2/q+1;;-1. The lowest BCUT2D eigenvalue weighted by Crippen LogP contribution is -2.37. The second-order valence-corrected chi connectivity index (χ2v) is 10.8. The van der Waals surface area contributed by atoms with Gasteiger partial charge in [0, 0.05) is 46.4 Å². The van der Waals surface area contributed by atoms with Gasteiger partial charge in [-0.3, -0.25) is 14.6 Å². The van der Waals surface area contributed by atoms with E-state index in [1.54, 1.807) is 19.1 Å². The third kappa shape index (κ3) is 8.50. The molecular weight excluding hydrogens is 580 g/mol. The SMILES string of the molecule is CC(=O)c1ccccc1.O=C(C[n+]1ccc(C=C2c3ccccc3-c3ncccc32)cc1)c1ccccc1.[CH2-]C(=O)c1ccccc1. The molecule has 0 fully saturated rings. The molecule has 5 nitrogen and oxygen atoms in total. The molecule has 47 heavy (non-hydrogen) atoms. The predicted octanol–water partition coefficient (Wildman–Crippen LogP) is 8.41. The van der Waals surface area contributed by atoms with Gasteiger partial charge in [0.15, 0.2) is 18.2 Å². The zero-order valence-corrected chi connectivity index (χ0v) is 26.1. The number of aromatic nitrogens is 2. The molecule has 0 atom stereocenters. The number of hydrogen-bond acceptors (Lipinski definition) is 4. The maximum atomic E-state index is 12.4. The molecule has 0 bridgehead atoms. The number of fused-ring (bicyclic) bond motifs is 3. The van der Waals surface area contributed by atoms with Crippen molar-refractivity contribution in [3.8, 4) is 11.3 Å². The van der Waals surface area contributed by atoms with Gasteiger partial charge in [-0.05, 0) is 35.8 Å². The van der Waals surface area contributed by atoms with Crippen LogP contribution in [0.15, 0.2) is 158 Å². The summed E-state index contributed by atoms with van der Waals surface area (Å²) in [5.41, 5.74) is 9.02. The molecule has 1 aliphatic carbocycles. The zero-order chi connectivity index (χ0) is 33.0. The summed E-state index contributed by atoms with van der Waals surface area (Å²) in [7, 11) is 0. The molecule has 5 heteroatoms. The highest BCUT2D eigenvalue weighted by Gasteiger charge is 2.23. The first-order chi connectivity index (χ1) is 22.9. The molecule has 0 unspecified atom stereocenters. The lowest BCUT2D eigenvalue weighted by molar-refractivity contribution is -0.683. The Labute approximate surface area is 275 Å². The van der Waals surface area contributed by atoms with Crippen LogP contribution in [-0.2, 0) is 6.54 Å². The maximum Gasteiger partial charge on any atom is 0.227 e. The van der Waals surface area contributed by atoms with Crippen LogP contribution in [0.3, 0.4) is 0 Å². The summed E-state index contributed by atoms with van der Waals surface area (Å²) in [5, 5.41) is 0. The van der Waals surface area contributed by atoms with Crippen LogP contribution in [0.1, 0.15) is 54.7 Å². The van der Waals surface area contributed by atoms with Crippen molar-refractivity contribution < 1.29 is 19.0 Å². The molecule has 0 radical (unpaired) electrons. The van der Waals surface area contributed by atoms with E-state index in [0.717, 1.165) is 27.9 Å². The normalized spacial score (nSPS) is 11.6. The average molecular weight is 615 g/mol. The van der Waals surface area contributed by atoms with Gasteiger partial charge >= 0.3 is 0 Å². The average Bonchev–Trinajstić information content (AvgIpc) is 3.44. The van der Waals surface area contributed by atoms with Crippen molar-refractivity contribution in [2.75, 3.05) is 0 Å². The number of ketones is 3. The molecule has 0 aliphatic heterocycles. The fourth-order valence-corrected chi connectivity index (χ4v) is 5.08. The summed E-state index contributed by atoms with van der Waals surface area (Å²) < 4.78 is 1.91. The molecule has 0 spiro atoms. The maximum absolute atomic E-state index is 12.4. The van der Waals surface area contributed by atoms with E-state index in [1.807, 2.05) is 120 Å². The Hall–Kier alpha value is -6.20. The number of hydrogen-bond donors (Lipinski definition) is 0. The van der Waals surface area contributed by atoms with Crippen LogP contribution in [-0.4, -0.2) is 22.3 Å². The monoisotopic (exact) mass is 614 g/mol. The number of pyridine rings is 2. The van der Waals surface area contributed by atoms with Crippen LogP contribution in [0.4, 0.5) is 0 Å². The van der Waals surface area contributed by atoms with E-state index in [2.05, 4.69) is 48.3 Å². The van der Waals surface area contributed by atoms with Crippen LogP contribution >= 0.6 is 0 Å². The lowest BCUT2D eigenvalue weighted by atomic mass is 10.0. The minimum atomic E-state index is -0.129. The van der Waals surface area contributed by atoms with Gasteiger partial charge in [0.25, 0.3) is 0 Å². The summed E-state index contributed by atoms with van der Waals surface area (Å²) in [5.74, 6) is 0.0950. The Morgan fingerprint density at radius 2 is 1.13 bits per heavy atom. The molecule has 0 N–H and O–H groups in total. The Bertz CT molecular complexity index is 1900. The molecule has 2 heterocycles. The van der Waals surface area contributed by atoms with Gasteiger partial charge in [-0.25, -0.2) is 0 Å². The van der Waals surface area contributed by atoms with E-state index in [1.165, 1.54) is 16.7 Å². The van der Waals surface area contributed by atoms with Crippen LogP contribution < -0.4 is 4.57 Å². The van der Waals surface area contributed by atoms with Crippen molar-refractivity contribution in [2.45, 2.75) is 13.5 Å². The van der Waals surface area contributed by atoms with E-state index in [4.69, 9.17) is 0 Å². The Kier molecular flexibility index (Phi) is 10.7. The number of rotatable bonds is 6. The third-order valence-electron chi connectivity index (χ3n) is 7.50. The van der Waals surface area contributed by atoms with Crippen LogP contribution in [0.5, 0.6) is 0 Å². The molecule has 0 saturated heterocycles.